The average molecular weight is 301 g/mol. The Kier molecular flexibility index (Phi) is 2.50. The normalized spacial score (nSPS) is 40.5. The molecule has 0 radical (unpaired) electrons. The Bertz CT molecular complexity index is 673. The van der Waals surface area contributed by atoms with Crippen molar-refractivity contribution < 1.29 is 19.3 Å². The summed E-state index contributed by atoms with van der Waals surface area (Å²) < 4.78 is 16.9. The lowest BCUT2D eigenvalue weighted by Gasteiger charge is -2.48. The number of methoxy groups -OCH3 is 1. The molecule has 5 atom stereocenters. The Labute approximate surface area is 129 Å². The predicted octanol–water partition coefficient (Wildman–Crippen LogP) is 1.71. The van der Waals surface area contributed by atoms with Gasteiger partial charge in [0.1, 0.15) is 6.23 Å². The Morgan fingerprint density at radius 3 is 2.95 bits per heavy atom. The van der Waals surface area contributed by atoms with Gasteiger partial charge in [-0.15, -0.1) is 0 Å². The van der Waals surface area contributed by atoms with Crippen molar-refractivity contribution in [3.05, 3.63) is 35.4 Å². The second kappa shape index (κ2) is 4.25. The van der Waals surface area contributed by atoms with Gasteiger partial charge in [0, 0.05) is 30.7 Å². The van der Waals surface area contributed by atoms with Gasteiger partial charge in [0.25, 0.3) is 0 Å². The van der Waals surface area contributed by atoms with Crippen LogP contribution in [-0.2, 0) is 10.2 Å². The van der Waals surface area contributed by atoms with Gasteiger partial charge in [0.15, 0.2) is 11.5 Å². The van der Waals surface area contributed by atoms with Crippen LogP contribution < -0.4 is 9.47 Å². The van der Waals surface area contributed by atoms with Crippen molar-refractivity contribution in [1.29, 1.82) is 0 Å². The van der Waals surface area contributed by atoms with E-state index in [1.54, 1.807) is 7.11 Å². The van der Waals surface area contributed by atoms with Gasteiger partial charge in [-0.05, 0) is 30.5 Å². The first kappa shape index (κ1) is 12.9. The summed E-state index contributed by atoms with van der Waals surface area (Å²) in [5.41, 5.74) is 2.40. The third-order valence-electron chi connectivity index (χ3n) is 5.70. The molecule has 2 bridgehead atoms. The lowest BCUT2D eigenvalue weighted by atomic mass is 9.66. The molecule has 1 aliphatic carbocycles. The first-order valence-electron chi connectivity index (χ1n) is 7.83. The number of benzene rings is 1. The molecule has 0 saturated carbocycles. The quantitative estimate of drug-likeness (QED) is 0.800. The van der Waals surface area contributed by atoms with Crippen molar-refractivity contribution in [2.24, 2.45) is 0 Å². The van der Waals surface area contributed by atoms with Crippen molar-refractivity contribution in [3.8, 4) is 11.5 Å². The van der Waals surface area contributed by atoms with Gasteiger partial charge in [0.2, 0.25) is 6.79 Å². The fourth-order valence-electron chi connectivity index (χ4n) is 4.75. The molecule has 22 heavy (non-hydrogen) atoms. The highest BCUT2D eigenvalue weighted by Gasteiger charge is 2.56. The van der Waals surface area contributed by atoms with E-state index < -0.39 is 0 Å². The van der Waals surface area contributed by atoms with Crippen LogP contribution in [0.3, 0.4) is 0 Å². The van der Waals surface area contributed by atoms with Gasteiger partial charge in [-0.25, -0.2) is 0 Å². The number of hydrogen-bond acceptors (Lipinski definition) is 5. The molecule has 5 heteroatoms. The Morgan fingerprint density at radius 2 is 2.14 bits per heavy atom. The minimum absolute atomic E-state index is 0.0371. The number of aliphatic hydroxyl groups excluding tert-OH is 1. The molecule has 4 aliphatic rings. The largest absolute Gasteiger partial charge is 0.454 e. The molecule has 1 aromatic rings. The van der Waals surface area contributed by atoms with E-state index in [4.69, 9.17) is 14.2 Å². The summed E-state index contributed by atoms with van der Waals surface area (Å²) in [4.78, 5) is 2.39. The number of ether oxygens (including phenoxy) is 3. The highest BCUT2D eigenvalue weighted by molar-refractivity contribution is 5.56. The minimum Gasteiger partial charge on any atom is -0.454 e. The molecule has 5 nitrogen and oxygen atoms in total. The number of nitrogens with zero attached hydrogens (tertiary/aromatic N) is 1. The summed E-state index contributed by atoms with van der Waals surface area (Å²) in [6, 6.07) is 4.48. The van der Waals surface area contributed by atoms with Crippen molar-refractivity contribution in [3.63, 3.8) is 0 Å². The fourth-order valence-corrected chi connectivity index (χ4v) is 4.75. The summed E-state index contributed by atoms with van der Waals surface area (Å²) in [6.45, 7) is 1.26. The van der Waals surface area contributed by atoms with E-state index in [2.05, 4.69) is 23.1 Å². The predicted molar refractivity (Wildman–Crippen MR) is 78.9 cm³/mol. The summed E-state index contributed by atoms with van der Waals surface area (Å²) >= 11 is 0. The van der Waals surface area contributed by atoms with Gasteiger partial charge in [-0.1, -0.05) is 12.2 Å². The molecule has 1 fully saturated rings. The van der Waals surface area contributed by atoms with Crippen LogP contribution in [0.2, 0.25) is 0 Å². The second-order valence-electron chi connectivity index (χ2n) is 6.59. The smallest absolute Gasteiger partial charge is 0.231 e. The Morgan fingerprint density at radius 1 is 1.32 bits per heavy atom. The van der Waals surface area contributed by atoms with Crippen LogP contribution in [0.1, 0.15) is 30.2 Å². The van der Waals surface area contributed by atoms with Gasteiger partial charge in [-0.3, -0.25) is 4.90 Å². The molecule has 1 N–H and O–H groups in total. The molecule has 0 spiro atoms. The lowest BCUT2D eigenvalue weighted by Crippen LogP contribution is -2.51. The first-order valence-corrected chi connectivity index (χ1v) is 7.83. The van der Waals surface area contributed by atoms with Crippen LogP contribution in [-0.4, -0.2) is 42.6 Å². The zero-order chi connectivity index (χ0) is 14.9. The van der Waals surface area contributed by atoms with E-state index in [9.17, 15) is 5.11 Å². The monoisotopic (exact) mass is 301 g/mol. The third-order valence-corrected chi connectivity index (χ3v) is 5.70. The van der Waals surface area contributed by atoms with Crippen molar-refractivity contribution in [2.45, 2.75) is 36.6 Å². The molecule has 0 amide bonds. The minimum atomic E-state index is -0.369. The van der Waals surface area contributed by atoms with E-state index >= 15 is 0 Å². The van der Waals surface area contributed by atoms with Crippen LogP contribution >= 0.6 is 0 Å². The standard InChI is InChI=1S/C17H19NO4/c1-20-16-11-7-13-14(22-9-21-13)8-12(11)17-3-2-10(19)6-15(17)18(16)5-4-17/h2-3,7-8,10,15-16,19H,4-6,9H2,1H3. The second-order valence-corrected chi connectivity index (χ2v) is 6.59. The van der Waals surface area contributed by atoms with Gasteiger partial charge >= 0.3 is 0 Å². The third kappa shape index (κ3) is 1.44. The van der Waals surface area contributed by atoms with Crippen LogP contribution in [0.15, 0.2) is 24.3 Å². The van der Waals surface area contributed by atoms with Crippen LogP contribution in [0.5, 0.6) is 11.5 Å². The highest BCUT2D eigenvalue weighted by atomic mass is 16.7. The van der Waals surface area contributed by atoms with Crippen LogP contribution in [0, 0.1) is 0 Å². The molecule has 5 rings (SSSR count). The summed E-state index contributed by atoms with van der Waals surface area (Å²) in [6.07, 6.45) is 5.51. The summed E-state index contributed by atoms with van der Waals surface area (Å²) in [5, 5.41) is 10.1. The Hall–Kier alpha value is -1.56. The van der Waals surface area contributed by atoms with Crippen LogP contribution in [0.4, 0.5) is 0 Å². The van der Waals surface area contributed by atoms with E-state index in [1.165, 1.54) is 11.1 Å². The maximum absolute atomic E-state index is 10.1. The number of hydrogen-bond donors (Lipinski definition) is 1. The van der Waals surface area contributed by atoms with E-state index in [-0.39, 0.29) is 30.6 Å². The maximum Gasteiger partial charge on any atom is 0.231 e. The molecule has 3 aliphatic heterocycles. The maximum atomic E-state index is 10.1. The molecule has 1 saturated heterocycles. The fraction of sp³-hybridized carbons (Fsp3) is 0.529. The van der Waals surface area contributed by atoms with Crippen LogP contribution in [0.25, 0.3) is 0 Å². The molecule has 3 heterocycles. The molecule has 0 aromatic heterocycles. The lowest BCUT2D eigenvalue weighted by molar-refractivity contribution is -0.0646. The molecule has 5 unspecified atom stereocenters. The molecular weight excluding hydrogens is 282 g/mol. The molecular formula is C17H19NO4. The Balaban J connectivity index is 1.76. The topological polar surface area (TPSA) is 51.2 Å². The number of rotatable bonds is 1. The highest BCUT2D eigenvalue weighted by Crippen LogP contribution is 2.56. The van der Waals surface area contributed by atoms with Gasteiger partial charge in [0.05, 0.1) is 6.10 Å². The SMILES string of the molecule is COC1c2cc3c(cc2C24C=CC(O)CC2N1CC4)OCO3. The molecule has 1 aromatic carbocycles. The van der Waals surface area contributed by atoms with Crippen molar-refractivity contribution >= 4 is 0 Å². The zero-order valence-corrected chi connectivity index (χ0v) is 12.5. The average Bonchev–Trinajstić information content (AvgIpc) is 3.09. The zero-order valence-electron chi connectivity index (χ0n) is 12.5. The number of fused-ring (bicyclic) bond motifs is 2. The van der Waals surface area contributed by atoms with Gasteiger partial charge < -0.3 is 19.3 Å². The summed E-state index contributed by atoms with van der Waals surface area (Å²) in [7, 11) is 1.75. The van der Waals surface area contributed by atoms with E-state index in [0.717, 1.165) is 30.9 Å². The van der Waals surface area contributed by atoms with E-state index in [1.807, 2.05) is 6.08 Å². The van der Waals surface area contributed by atoms with E-state index in [0.29, 0.717) is 0 Å². The van der Waals surface area contributed by atoms with Crippen molar-refractivity contribution in [2.75, 3.05) is 20.4 Å². The summed E-state index contributed by atoms with van der Waals surface area (Å²) in [5.74, 6) is 1.62. The van der Waals surface area contributed by atoms with Gasteiger partial charge in [-0.2, -0.15) is 0 Å². The van der Waals surface area contributed by atoms with Crippen molar-refractivity contribution in [1.82, 2.24) is 4.90 Å². The number of aliphatic hydroxyl groups is 1. The molecule has 116 valence electrons. The first-order chi connectivity index (χ1) is 10.7.